The fourth-order valence-corrected chi connectivity index (χ4v) is 3.01. The van der Waals surface area contributed by atoms with E-state index in [1.165, 1.54) is 5.56 Å². The van der Waals surface area contributed by atoms with Crippen molar-refractivity contribution in [1.82, 2.24) is 10.2 Å². The lowest BCUT2D eigenvalue weighted by Gasteiger charge is -2.36. The molecule has 1 aromatic rings. The molecule has 2 atom stereocenters. The van der Waals surface area contributed by atoms with Crippen LogP contribution in [0.4, 0.5) is 5.69 Å². The van der Waals surface area contributed by atoms with E-state index in [1.54, 1.807) is 0 Å². The Labute approximate surface area is 129 Å². The lowest BCUT2D eigenvalue weighted by Crippen LogP contribution is -2.55. The molecule has 1 aliphatic heterocycles. The van der Waals surface area contributed by atoms with Gasteiger partial charge in [0, 0.05) is 29.6 Å². The van der Waals surface area contributed by atoms with Crippen molar-refractivity contribution in [3.8, 4) is 0 Å². The Bertz CT molecular complexity index is 492. The van der Waals surface area contributed by atoms with Crippen molar-refractivity contribution in [3.63, 3.8) is 0 Å². The second-order valence-electron chi connectivity index (χ2n) is 5.62. The maximum absolute atomic E-state index is 12.2. The normalized spacial score (nSPS) is 23.6. The topological polar surface area (TPSA) is 44.4 Å². The van der Waals surface area contributed by atoms with Crippen LogP contribution in [0.15, 0.2) is 22.7 Å². The number of carbonyl (C=O) groups excluding carboxylic acids is 1. The van der Waals surface area contributed by atoms with Crippen LogP contribution in [-0.4, -0.2) is 42.5 Å². The van der Waals surface area contributed by atoms with Crippen LogP contribution in [0.25, 0.3) is 0 Å². The van der Waals surface area contributed by atoms with Crippen molar-refractivity contribution in [2.75, 3.05) is 25.0 Å². The summed E-state index contributed by atoms with van der Waals surface area (Å²) in [4.78, 5) is 14.4. The van der Waals surface area contributed by atoms with Crippen LogP contribution in [0.2, 0.25) is 0 Å². The maximum Gasteiger partial charge on any atom is 0.238 e. The van der Waals surface area contributed by atoms with Crippen molar-refractivity contribution >= 4 is 27.5 Å². The van der Waals surface area contributed by atoms with Crippen LogP contribution in [0, 0.1) is 6.92 Å². The van der Waals surface area contributed by atoms with E-state index in [0.717, 1.165) is 23.2 Å². The standard InChI is InChI=1S/C15H22BrN3O/c1-10-4-5-14(13(16)6-10)18-15(20)9-19-8-11(2)17-7-12(19)3/h4-6,11-12,17H,7-9H2,1-3H3,(H,18,20). The molecular weight excluding hydrogens is 318 g/mol. The van der Waals surface area contributed by atoms with Crippen LogP contribution in [0.5, 0.6) is 0 Å². The first-order chi connectivity index (χ1) is 9.45. The van der Waals surface area contributed by atoms with Crippen LogP contribution in [0.1, 0.15) is 19.4 Å². The molecule has 0 bridgehead atoms. The Hall–Kier alpha value is -0.910. The first-order valence-corrected chi connectivity index (χ1v) is 7.78. The predicted molar refractivity (Wildman–Crippen MR) is 86.0 cm³/mol. The summed E-state index contributed by atoms with van der Waals surface area (Å²) >= 11 is 3.48. The molecule has 110 valence electrons. The number of piperazine rings is 1. The summed E-state index contributed by atoms with van der Waals surface area (Å²) in [5.41, 5.74) is 2.00. The van der Waals surface area contributed by atoms with Crippen molar-refractivity contribution in [2.45, 2.75) is 32.9 Å². The zero-order valence-electron chi connectivity index (χ0n) is 12.2. The highest BCUT2D eigenvalue weighted by molar-refractivity contribution is 9.10. The number of hydrogen-bond acceptors (Lipinski definition) is 3. The van der Waals surface area contributed by atoms with E-state index >= 15 is 0 Å². The van der Waals surface area contributed by atoms with Crippen LogP contribution >= 0.6 is 15.9 Å². The Morgan fingerprint density at radius 3 is 2.95 bits per heavy atom. The van der Waals surface area contributed by atoms with Gasteiger partial charge in [-0.1, -0.05) is 6.07 Å². The first kappa shape index (κ1) is 15.5. The van der Waals surface area contributed by atoms with Gasteiger partial charge >= 0.3 is 0 Å². The summed E-state index contributed by atoms with van der Waals surface area (Å²) in [6.07, 6.45) is 0. The minimum absolute atomic E-state index is 0.0375. The van der Waals surface area contributed by atoms with Gasteiger partial charge in [-0.15, -0.1) is 0 Å². The van der Waals surface area contributed by atoms with Gasteiger partial charge in [-0.2, -0.15) is 0 Å². The van der Waals surface area contributed by atoms with Crippen LogP contribution in [0.3, 0.4) is 0 Å². The van der Waals surface area contributed by atoms with E-state index in [9.17, 15) is 4.79 Å². The zero-order chi connectivity index (χ0) is 14.7. The van der Waals surface area contributed by atoms with E-state index in [0.29, 0.717) is 18.6 Å². The molecule has 5 heteroatoms. The fraction of sp³-hybridized carbons (Fsp3) is 0.533. The van der Waals surface area contributed by atoms with Gasteiger partial charge in [0.25, 0.3) is 0 Å². The zero-order valence-corrected chi connectivity index (χ0v) is 13.8. The van der Waals surface area contributed by atoms with Gasteiger partial charge in [0.1, 0.15) is 0 Å². The summed E-state index contributed by atoms with van der Waals surface area (Å²) < 4.78 is 0.924. The number of amides is 1. The number of carbonyl (C=O) groups is 1. The molecule has 0 saturated carbocycles. The second-order valence-corrected chi connectivity index (χ2v) is 6.47. The van der Waals surface area contributed by atoms with Crippen LogP contribution < -0.4 is 10.6 Å². The molecule has 1 heterocycles. The van der Waals surface area contributed by atoms with Crippen molar-refractivity contribution < 1.29 is 4.79 Å². The van der Waals surface area contributed by atoms with E-state index in [1.807, 2.05) is 25.1 Å². The lowest BCUT2D eigenvalue weighted by atomic mass is 10.1. The minimum Gasteiger partial charge on any atom is -0.324 e. The minimum atomic E-state index is 0.0375. The molecular formula is C15H22BrN3O. The number of nitrogens with one attached hydrogen (secondary N) is 2. The van der Waals surface area contributed by atoms with E-state index in [4.69, 9.17) is 0 Å². The van der Waals surface area contributed by atoms with Gasteiger partial charge in [0.05, 0.1) is 12.2 Å². The lowest BCUT2D eigenvalue weighted by molar-refractivity contribution is -0.118. The van der Waals surface area contributed by atoms with Gasteiger partial charge < -0.3 is 10.6 Å². The number of anilines is 1. The van der Waals surface area contributed by atoms with Gasteiger partial charge in [0.2, 0.25) is 5.91 Å². The molecule has 0 spiro atoms. The van der Waals surface area contributed by atoms with Gasteiger partial charge in [-0.05, 0) is 54.4 Å². The predicted octanol–water partition coefficient (Wildman–Crippen LogP) is 2.38. The number of rotatable bonds is 3. The third kappa shape index (κ3) is 4.04. The maximum atomic E-state index is 12.2. The molecule has 0 aliphatic carbocycles. The van der Waals surface area contributed by atoms with Crippen molar-refractivity contribution in [2.24, 2.45) is 0 Å². The summed E-state index contributed by atoms with van der Waals surface area (Å²) in [5.74, 6) is 0.0375. The second kappa shape index (κ2) is 6.70. The van der Waals surface area contributed by atoms with Gasteiger partial charge in [-0.3, -0.25) is 9.69 Å². The smallest absolute Gasteiger partial charge is 0.238 e. The fourth-order valence-electron chi connectivity index (χ4n) is 2.41. The van der Waals surface area contributed by atoms with E-state index in [-0.39, 0.29) is 5.91 Å². The number of hydrogen-bond donors (Lipinski definition) is 2. The average molecular weight is 340 g/mol. The van der Waals surface area contributed by atoms with E-state index in [2.05, 4.69) is 45.3 Å². The highest BCUT2D eigenvalue weighted by Crippen LogP contribution is 2.23. The molecule has 2 unspecified atom stereocenters. The highest BCUT2D eigenvalue weighted by atomic mass is 79.9. The summed E-state index contributed by atoms with van der Waals surface area (Å²) in [6.45, 7) is 8.60. The first-order valence-electron chi connectivity index (χ1n) is 6.99. The summed E-state index contributed by atoms with van der Waals surface area (Å²) in [7, 11) is 0. The Balaban J connectivity index is 1.94. The molecule has 1 amide bonds. The van der Waals surface area contributed by atoms with Gasteiger partial charge in [-0.25, -0.2) is 0 Å². The van der Waals surface area contributed by atoms with Crippen molar-refractivity contribution in [3.05, 3.63) is 28.2 Å². The molecule has 2 rings (SSSR count). The highest BCUT2D eigenvalue weighted by Gasteiger charge is 2.24. The molecule has 0 aromatic heterocycles. The van der Waals surface area contributed by atoms with Gasteiger partial charge in [0.15, 0.2) is 0 Å². The quantitative estimate of drug-likeness (QED) is 0.888. The van der Waals surface area contributed by atoms with E-state index < -0.39 is 0 Å². The summed E-state index contributed by atoms with van der Waals surface area (Å²) in [5, 5.41) is 6.39. The number of nitrogens with zero attached hydrogens (tertiary/aromatic N) is 1. The molecule has 20 heavy (non-hydrogen) atoms. The number of benzene rings is 1. The Kier molecular flexibility index (Phi) is 5.18. The van der Waals surface area contributed by atoms with Crippen molar-refractivity contribution in [1.29, 1.82) is 0 Å². The number of aryl methyl sites for hydroxylation is 1. The molecule has 4 nitrogen and oxygen atoms in total. The Morgan fingerprint density at radius 1 is 1.50 bits per heavy atom. The monoisotopic (exact) mass is 339 g/mol. The molecule has 2 N–H and O–H groups in total. The molecule has 1 aliphatic rings. The van der Waals surface area contributed by atoms with Crippen LogP contribution in [-0.2, 0) is 4.79 Å². The third-order valence-corrected chi connectivity index (χ3v) is 4.29. The SMILES string of the molecule is Cc1ccc(NC(=O)CN2CC(C)NCC2C)c(Br)c1. The molecule has 0 radical (unpaired) electrons. The summed E-state index contributed by atoms with van der Waals surface area (Å²) in [6, 6.07) is 6.76. The molecule has 1 fully saturated rings. The Morgan fingerprint density at radius 2 is 2.25 bits per heavy atom. The molecule has 1 saturated heterocycles. The largest absolute Gasteiger partial charge is 0.324 e. The third-order valence-electron chi connectivity index (χ3n) is 3.64. The number of halogens is 1. The average Bonchev–Trinajstić information content (AvgIpc) is 2.37. The molecule has 1 aromatic carbocycles.